The van der Waals surface area contributed by atoms with Gasteiger partial charge in [-0.05, 0) is 37.4 Å². The molecule has 1 aromatic rings. The Labute approximate surface area is 138 Å². The first-order chi connectivity index (χ1) is 11.0. The summed E-state index contributed by atoms with van der Waals surface area (Å²) >= 11 is 0. The lowest BCUT2D eigenvalue weighted by Crippen LogP contribution is -2.44. The van der Waals surface area contributed by atoms with Crippen LogP contribution in [0.3, 0.4) is 0 Å². The maximum Gasteiger partial charge on any atom is 0.338 e. The van der Waals surface area contributed by atoms with Crippen molar-refractivity contribution < 1.29 is 19.0 Å². The molecule has 6 nitrogen and oxygen atoms in total. The zero-order valence-corrected chi connectivity index (χ0v) is 14.5. The number of anilines is 1. The van der Waals surface area contributed by atoms with E-state index in [0.29, 0.717) is 24.4 Å². The molecule has 0 spiro atoms. The molecule has 0 bridgehead atoms. The molecular weight excluding hydrogens is 296 g/mol. The van der Waals surface area contributed by atoms with Crippen LogP contribution in [-0.2, 0) is 14.2 Å². The highest BCUT2D eigenvalue weighted by Crippen LogP contribution is 2.13. The van der Waals surface area contributed by atoms with Crippen molar-refractivity contribution >= 4 is 11.7 Å². The van der Waals surface area contributed by atoms with E-state index >= 15 is 0 Å². The summed E-state index contributed by atoms with van der Waals surface area (Å²) in [7, 11) is 3.19. The van der Waals surface area contributed by atoms with Crippen LogP contribution in [0.15, 0.2) is 24.3 Å². The zero-order chi connectivity index (χ0) is 17.2. The molecule has 1 rings (SSSR count). The summed E-state index contributed by atoms with van der Waals surface area (Å²) in [5.41, 5.74) is 6.72. The van der Waals surface area contributed by atoms with E-state index in [1.165, 1.54) is 0 Å². The summed E-state index contributed by atoms with van der Waals surface area (Å²) in [6, 6.07) is 6.67. The molecule has 0 saturated carbocycles. The van der Waals surface area contributed by atoms with E-state index in [1.807, 2.05) is 0 Å². The Morgan fingerprint density at radius 2 is 1.74 bits per heavy atom. The summed E-state index contributed by atoms with van der Waals surface area (Å²) in [4.78, 5) is 14.6. The van der Waals surface area contributed by atoms with Gasteiger partial charge in [0.1, 0.15) is 12.2 Å². The van der Waals surface area contributed by atoms with E-state index in [9.17, 15) is 4.79 Å². The second-order valence-corrected chi connectivity index (χ2v) is 5.28. The van der Waals surface area contributed by atoms with Gasteiger partial charge in [0, 0.05) is 26.5 Å². The summed E-state index contributed by atoms with van der Waals surface area (Å²) in [5, 5.41) is 0. The van der Waals surface area contributed by atoms with Crippen molar-refractivity contribution in [2.75, 3.05) is 46.2 Å². The van der Waals surface area contributed by atoms with Crippen molar-refractivity contribution in [3.05, 3.63) is 29.8 Å². The zero-order valence-electron chi connectivity index (χ0n) is 14.5. The Kier molecular flexibility index (Phi) is 8.61. The topological polar surface area (TPSA) is 74.0 Å². The van der Waals surface area contributed by atoms with Crippen LogP contribution in [0.4, 0.5) is 5.69 Å². The van der Waals surface area contributed by atoms with E-state index in [1.54, 1.807) is 38.5 Å². The van der Waals surface area contributed by atoms with Gasteiger partial charge in [-0.1, -0.05) is 13.8 Å². The first-order valence-electron chi connectivity index (χ1n) is 7.86. The highest BCUT2D eigenvalue weighted by molar-refractivity contribution is 5.89. The molecule has 0 aliphatic heterocycles. The molecular formula is C17H28N2O4. The van der Waals surface area contributed by atoms with Gasteiger partial charge < -0.3 is 24.8 Å². The minimum Gasteiger partial charge on any atom is -0.455 e. The number of esters is 1. The van der Waals surface area contributed by atoms with Crippen molar-refractivity contribution in [3.8, 4) is 0 Å². The van der Waals surface area contributed by atoms with Crippen LogP contribution in [0.2, 0.25) is 0 Å². The van der Waals surface area contributed by atoms with E-state index in [0.717, 1.165) is 13.1 Å². The van der Waals surface area contributed by atoms with Gasteiger partial charge in [0.25, 0.3) is 0 Å². The van der Waals surface area contributed by atoms with Gasteiger partial charge in [-0.15, -0.1) is 0 Å². The summed E-state index contributed by atoms with van der Waals surface area (Å²) in [5.74, 6) is -0.389. The smallest absolute Gasteiger partial charge is 0.338 e. The molecule has 0 saturated heterocycles. The summed E-state index contributed by atoms with van der Waals surface area (Å²) < 4.78 is 16.3. The molecule has 6 heteroatoms. The molecule has 0 unspecified atom stereocenters. The Morgan fingerprint density at radius 3 is 2.22 bits per heavy atom. The minimum atomic E-state index is -0.412. The molecule has 0 aromatic heterocycles. The standard InChI is InChI=1S/C17H28N2O4/c1-5-19(6-2)11-15(16(22-4)12-21-3)23-17(20)13-7-9-14(18)10-8-13/h7-10,15-16H,5-6,11-12,18H2,1-4H3/t15-,16+/m1/s1. The number of nitrogen functional groups attached to an aromatic ring is 1. The number of hydrogen-bond acceptors (Lipinski definition) is 6. The van der Waals surface area contributed by atoms with Gasteiger partial charge in [0.2, 0.25) is 0 Å². The Bertz CT molecular complexity index is 460. The lowest BCUT2D eigenvalue weighted by atomic mass is 10.1. The Morgan fingerprint density at radius 1 is 1.13 bits per heavy atom. The van der Waals surface area contributed by atoms with E-state index < -0.39 is 6.10 Å². The van der Waals surface area contributed by atoms with Crippen molar-refractivity contribution in [1.82, 2.24) is 4.90 Å². The molecule has 1 aromatic carbocycles. The number of nitrogens with zero attached hydrogens (tertiary/aromatic N) is 1. The van der Waals surface area contributed by atoms with Gasteiger partial charge >= 0.3 is 5.97 Å². The maximum absolute atomic E-state index is 12.4. The molecule has 0 radical (unpaired) electrons. The van der Waals surface area contributed by atoms with Crippen LogP contribution >= 0.6 is 0 Å². The van der Waals surface area contributed by atoms with Crippen molar-refractivity contribution in [1.29, 1.82) is 0 Å². The van der Waals surface area contributed by atoms with Gasteiger partial charge in [-0.25, -0.2) is 4.79 Å². The fourth-order valence-corrected chi connectivity index (χ4v) is 2.28. The number of nitrogens with two attached hydrogens (primary N) is 1. The fourth-order valence-electron chi connectivity index (χ4n) is 2.28. The number of carbonyl (C=O) groups is 1. The third kappa shape index (κ3) is 6.17. The van der Waals surface area contributed by atoms with Gasteiger partial charge in [0.15, 0.2) is 0 Å². The van der Waals surface area contributed by atoms with Crippen molar-refractivity contribution in [3.63, 3.8) is 0 Å². The molecule has 130 valence electrons. The van der Waals surface area contributed by atoms with Crippen LogP contribution < -0.4 is 5.73 Å². The predicted molar refractivity (Wildman–Crippen MR) is 90.5 cm³/mol. The fraction of sp³-hybridized carbons (Fsp3) is 0.588. The quantitative estimate of drug-likeness (QED) is 0.522. The number of rotatable bonds is 10. The monoisotopic (exact) mass is 324 g/mol. The maximum atomic E-state index is 12.4. The average Bonchev–Trinajstić information content (AvgIpc) is 2.57. The number of benzene rings is 1. The molecule has 0 heterocycles. The summed E-state index contributed by atoms with van der Waals surface area (Å²) in [6.45, 7) is 6.83. The van der Waals surface area contributed by atoms with Crippen LogP contribution in [0.5, 0.6) is 0 Å². The number of likely N-dealkylation sites (N-methyl/N-ethyl adjacent to an activating group) is 1. The SMILES string of the molecule is CCN(CC)C[C@@H](OC(=O)c1ccc(N)cc1)[C@H](COC)OC. The molecule has 2 N–H and O–H groups in total. The van der Waals surface area contributed by atoms with Crippen molar-refractivity contribution in [2.45, 2.75) is 26.1 Å². The van der Waals surface area contributed by atoms with Crippen molar-refractivity contribution in [2.24, 2.45) is 0 Å². The Balaban J connectivity index is 2.85. The number of carbonyl (C=O) groups excluding carboxylic acids is 1. The lowest BCUT2D eigenvalue weighted by Gasteiger charge is -2.30. The number of methoxy groups -OCH3 is 2. The molecule has 23 heavy (non-hydrogen) atoms. The van der Waals surface area contributed by atoms with Gasteiger partial charge in [-0.2, -0.15) is 0 Å². The van der Waals surface area contributed by atoms with E-state index in [-0.39, 0.29) is 12.1 Å². The second kappa shape index (κ2) is 10.2. The molecule has 0 amide bonds. The van der Waals surface area contributed by atoms with Crippen LogP contribution in [0, 0.1) is 0 Å². The van der Waals surface area contributed by atoms with Gasteiger partial charge in [-0.3, -0.25) is 0 Å². The van der Waals surface area contributed by atoms with E-state index in [4.69, 9.17) is 19.9 Å². The highest BCUT2D eigenvalue weighted by atomic mass is 16.6. The first kappa shape index (κ1) is 19.4. The number of hydrogen-bond donors (Lipinski definition) is 1. The first-order valence-corrected chi connectivity index (χ1v) is 7.86. The number of ether oxygens (including phenoxy) is 3. The average molecular weight is 324 g/mol. The van der Waals surface area contributed by atoms with Gasteiger partial charge in [0.05, 0.1) is 12.2 Å². The molecule has 2 atom stereocenters. The largest absolute Gasteiger partial charge is 0.455 e. The lowest BCUT2D eigenvalue weighted by molar-refractivity contribution is -0.0719. The van der Waals surface area contributed by atoms with Crippen LogP contribution in [0.25, 0.3) is 0 Å². The highest BCUT2D eigenvalue weighted by Gasteiger charge is 2.27. The van der Waals surface area contributed by atoms with Crippen LogP contribution in [-0.4, -0.2) is 63.5 Å². The minimum absolute atomic E-state index is 0.321. The summed E-state index contributed by atoms with van der Waals surface area (Å²) in [6.07, 6.45) is -0.733. The molecule has 0 fully saturated rings. The Hall–Kier alpha value is -1.63. The van der Waals surface area contributed by atoms with E-state index in [2.05, 4.69) is 18.7 Å². The van der Waals surface area contributed by atoms with Crippen LogP contribution in [0.1, 0.15) is 24.2 Å². The second-order valence-electron chi connectivity index (χ2n) is 5.28. The molecule has 0 aliphatic carbocycles. The normalized spacial score (nSPS) is 13.8. The molecule has 0 aliphatic rings. The third-order valence-electron chi connectivity index (χ3n) is 3.79. The third-order valence-corrected chi connectivity index (χ3v) is 3.79. The predicted octanol–water partition coefficient (Wildman–Crippen LogP) is 1.80.